The van der Waals surface area contributed by atoms with E-state index < -0.39 is 30.5 Å². The Balaban J connectivity index is 4.93. The lowest BCUT2D eigenvalue weighted by Gasteiger charge is -2.20. The summed E-state index contributed by atoms with van der Waals surface area (Å²) >= 11 is 0. The van der Waals surface area contributed by atoms with Crippen LogP contribution in [0.5, 0.6) is 0 Å². The van der Waals surface area contributed by atoms with Gasteiger partial charge in [0.1, 0.15) is 11.6 Å². The van der Waals surface area contributed by atoms with E-state index in [4.69, 9.17) is 15.3 Å². The van der Waals surface area contributed by atoms with Crippen LogP contribution in [0.3, 0.4) is 0 Å². The lowest BCUT2D eigenvalue weighted by molar-refractivity contribution is -0.139. The van der Waals surface area contributed by atoms with Gasteiger partial charge in [0.05, 0.1) is 1.37 Å². The van der Waals surface area contributed by atoms with Gasteiger partial charge in [-0.05, 0) is 27.6 Å². The largest absolute Gasteiger partial charge is 0.480 e. The molecule has 5 nitrogen and oxygen atoms in total. The molecule has 2 N–H and O–H groups in total. The van der Waals surface area contributed by atoms with Gasteiger partial charge >= 0.3 is 12.1 Å². The SMILES string of the molecule is [2H]C([2H])([2H])C([2H])(NC(=O)OC(C)(C)C)C(=O)O. The Bertz CT molecular complexity index is 322. The molecule has 76 valence electrons. The lowest BCUT2D eigenvalue weighted by atomic mass is 10.2. The normalized spacial score (nSPS) is 21.2. The van der Waals surface area contributed by atoms with Crippen molar-refractivity contribution in [3.8, 4) is 0 Å². The zero-order chi connectivity index (χ0) is 14.1. The van der Waals surface area contributed by atoms with Gasteiger partial charge in [-0.2, -0.15) is 0 Å². The van der Waals surface area contributed by atoms with Crippen LogP contribution in [0.2, 0.25) is 0 Å². The van der Waals surface area contributed by atoms with Crippen molar-refractivity contribution in [2.75, 3.05) is 0 Å². The summed E-state index contributed by atoms with van der Waals surface area (Å²) in [6.07, 6.45) is -1.27. The Morgan fingerprint density at radius 1 is 1.62 bits per heavy atom. The molecule has 0 aromatic carbocycles. The number of carboxylic acids is 1. The number of hydrogen-bond donors (Lipinski definition) is 2. The second kappa shape index (κ2) is 4.11. The lowest BCUT2D eigenvalue weighted by Crippen LogP contribution is -2.41. The molecule has 0 saturated carbocycles. The zero-order valence-electron chi connectivity index (χ0n) is 11.7. The highest BCUT2D eigenvalue weighted by molar-refractivity contribution is 5.79. The number of hydrogen-bond acceptors (Lipinski definition) is 3. The van der Waals surface area contributed by atoms with Crippen LogP contribution in [-0.4, -0.2) is 28.8 Å². The molecule has 0 aliphatic heterocycles. The molecule has 1 unspecified atom stereocenters. The standard InChI is InChI=1S/C8H15NO4/c1-5(6(10)11)9-7(12)13-8(2,3)4/h5H,1-4H3,(H,9,12)(H,10,11)/i1D3,5D. The van der Waals surface area contributed by atoms with Crippen molar-refractivity contribution in [3.63, 3.8) is 0 Å². The average molecular weight is 193 g/mol. The minimum Gasteiger partial charge on any atom is -0.480 e. The first kappa shape index (κ1) is 6.23. The first-order valence-electron chi connectivity index (χ1n) is 5.54. The first-order valence-corrected chi connectivity index (χ1v) is 3.54. The fourth-order valence-corrected chi connectivity index (χ4v) is 0.459. The molecule has 0 fully saturated rings. The van der Waals surface area contributed by atoms with Crippen LogP contribution in [0.4, 0.5) is 4.79 Å². The van der Waals surface area contributed by atoms with Crippen molar-refractivity contribution in [1.82, 2.24) is 5.32 Å². The molecule has 13 heavy (non-hydrogen) atoms. The maximum Gasteiger partial charge on any atom is 0.408 e. The molecule has 0 radical (unpaired) electrons. The number of carboxylic acid groups (broad SMARTS) is 1. The fraction of sp³-hybridized carbons (Fsp3) is 0.750. The van der Waals surface area contributed by atoms with Gasteiger partial charge in [-0.1, -0.05) is 0 Å². The summed E-state index contributed by atoms with van der Waals surface area (Å²) in [6.45, 7) is 1.35. The molecule has 0 heterocycles. The molecular weight excluding hydrogens is 174 g/mol. The van der Waals surface area contributed by atoms with E-state index in [2.05, 4.69) is 0 Å². The number of aliphatic carboxylic acids is 1. The van der Waals surface area contributed by atoms with Crippen LogP contribution in [0.25, 0.3) is 0 Å². The van der Waals surface area contributed by atoms with Gasteiger partial charge in [0, 0.05) is 4.11 Å². The minimum atomic E-state index is -3.21. The van der Waals surface area contributed by atoms with E-state index in [0.717, 1.165) is 0 Å². The predicted molar refractivity (Wildman–Crippen MR) is 46.5 cm³/mol. The number of carbonyl (C=O) groups excluding carboxylic acids is 1. The molecule has 0 spiro atoms. The van der Waals surface area contributed by atoms with E-state index in [1.165, 1.54) is 26.1 Å². The van der Waals surface area contributed by atoms with Crippen LogP contribution in [0.15, 0.2) is 0 Å². The van der Waals surface area contributed by atoms with E-state index in [-0.39, 0.29) is 0 Å². The molecule has 0 aliphatic carbocycles. The Morgan fingerprint density at radius 2 is 2.15 bits per heavy atom. The van der Waals surface area contributed by atoms with Crippen LogP contribution < -0.4 is 5.32 Å². The predicted octanol–water partition coefficient (Wildman–Crippen LogP) is 0.984. The maximum atomic E-state index is 11.3. The Morgan fingerprint density at radius 3 is 2.46 bits per heavy atom. The van der Waals surface area contributed by atoms with Crippen LogP contribution in [0.1, 0.15) is 33.1 Å². The third kappa shape index (κ3) is 5.95. The minimum absolute atomic E-state index is 0.918. The number of amides is 1. The summed E-state index contributed by atoms with van der Waals surface area (Å²) in [5.41, 5.74) is -0.918. The van der Waals surface area contributed by atoms with Gasteiger partial charge in [-0.3, -0.25) is 4.79 Å². The Hall–Kier alpha value is -1.26. The summed E-state index contributed by atoms with van der Waals surface area (Å²) in [7, 11) is 0. The molecule has 5 heteroatoms. The smallest absolute Gasteiger partial charge is 0.408 e. The molecule has 0 rings (SSSR count). The van der Waals surface area contributed by atoms with Gasteiger partial charge in [0.2, 0.25) is 0 Å². The number of nitrogens with one attached hydrogen (secondary N) is 1. The Labute approximate surface area is 82.7 Å². The fourth-order valence-electron chi connectivity index (χ4n) is 0.459. The third-order valence-corrected chi connectivity index (χ3v) is 0.840. The van der Waals surface area contributed by atoms with Gasteiger partial charge in [0.25, 0.3) is 0 Å². The van der Waals surface area contributed by atoms with Crippen molar-refractivity contribution in [2.45, 2.75) is 39.2 Å². The maximum absolute atomic E-state index is 11.3. The summed E-state index contributed by atoms with van der Waals surface area (Å²) < 4.78 is 32.8. The second-order valence-corrected chi connectivity index (χ2v) is 3.31. The van der Waals surface area contributed by atoms with Crippen LogP contribution >= 0.6 is 0 Å². The quantitative estimate of drug-likeness (QED) is 0.685. The van der Waals surface area contributed by atoms with Gasteiger partial charge in [-0.15, -0.1) is 0 Å². The summed E-state index contributed by atoms with van der Waals surface area (Å²) in [5.74, 6) is -1.98. The highest BCUT2D eigenvalue weighted by atomic mass is 16.6. The summed E-state index contributed by atoms with van der Waals surface area (Å²) in [6, 6.07) is -3.13. The van der Waals surface area contributed by atoms with Gasteiger partial charge < -0.3 is 15.2 Å². The first-order chi connectivity index (χ1) is 7.29. The molecular formula is C8H15NO4. The van der Waals surface area contributed by atoms with E-state index in [9.17, 15) is 9.59 Å². The topological polar surface area (TPSA) is 75.6 Å². The van der Waals surface area contributed by atoms with E-state index in [0.29, 0.717) is 0 Å². The van der Waals surface area contributed by atoms with Crippen molar-refractivity contribution >= 4 is 12.1 Å². The Kier molecular flexibility index (Phi) is 1.97. The highest BCUT2D eigenvalue weighted by Crippen LogP contribution is 2.06. The molecule has 1 atom stereocenters. The molecule has 0 saturated heterocycles. The van der Waals surface area contributed by atoms with Crippen LogP contribution in [0, 0.1) is 0 Å². The van der Waals surface area contributed by atoms with E-state index >= 15 is 0 Å². The number of carbonyl (C=O) groups is 2. The highest BCUT2D eigenvalue weighted by Gasteiger charge is 2.20. The number of rotatable bonds is 2. The molecule has 1 amide bonds. The monoisotopic (exact) mass is 193 g/mol. The van der Waals surface area contributed by atoms with Gasteiger partial charge in [-0.25, -0.2) is 4.79 Å². The van der Waals surface area contributed by atoms with E-state index in [1.807, 2.05) is 0 Å². The second-order valence-electron chi connectivity index (χ2n) is 3.31. The number of alkyl carbamates (subject to hydrolysis) is 1. The van der Waals surface area contributed by atoms with Gasteiger partial charge in [0.15, 0.2) is 0 Å². The molecule has 0 bridgehead atoms. The van der Waals surface area contributed by atoms with Crippen molar-refractivity contribution < 1.29 is 24.9 Å². The molecule has 0 aliphatic rings. The average Bonchev–Trinajstić information content (AvgIpc) is 1.96. The molecule has 0 aromatic heterocycles. The van der Waals surface area contributed by atoms with Crippen molar-refractivity contribution in [3.05, 3.63) is 0 Å². The zero-order valence-corrected chi connectivity index (χ0v) is 7.67. The van der Waals surface area contributed by atoms with Crippen molar-refractivity contribution in [2.24, 2.45) is 0 Å². The summed E-state index contributed by atoms with van der Waals surface area (Å²) in [4.78, 5) is 22.0. The third-order valence-electron chi connectivity index (χ3n) is 0.840. The van der Waals surface area contributed by atoms with Crippen LogP contribution in [-0.2, 0) is 9.53 Å². The summed E-state index contributed by atoms with van der Waals surface area (Å²) in [5, 5.41) is 10.2. The van der Waals surface area contributed by atoms with E-state index in [1.54, 1.807) is 0 Å². The molecule has 0 aromatic rings. The van der Waals surface area contributed by atoms with Crippen molar-refractivity contribution in [1.29, 1.82) is 0 Å². The number of ether oxygens (including phenoxy) is 1.